The maximum atomic E-state index is 8.77. The fourth-order valence-corrected chi connectivity index (χ4v) is 2.39. The van der Waals surface area contributed by atoms with Crippen molar-refractivity contribution in [2.24, 2.45) is 0 Å². The van der Waals surface area contributed by atoms with Gasteiger partial charge in [0.25, 0.3) is 0 Å². The van der Waals surface area contributed by atoms with Gasteiger partial charge >= 0.3 is 0 Å². The van der Waals surface area contributed by atoms with Crippen LogP contribution in [0.1, 0.15) is 11.1 Å². The van der Waals surface area contributed by atoms with Gasteiger partial charge in [0.05, 0.1) is 11.6 Å². The lowest BCUT2D eigenvalue weighted by Crippen LogP contribution is -2.00. The van der Waals surface area contributed by atoms with Crippen LogP contribution in [0.3, 0.4) is 0 Å². The average Bonchev–Trinajstić information content (AvgIpc) is 2.36. The van der Waals surface area contributed by atoms with Crippen LogP contribution in [-0.2, 0) is 6.54 Å². The molecule has 2 aromatic rings. The van der Waals surface area contributed by atoms with Gasteiger partial charge in [-0.1, -0.05) is 40.9 Å². The summed E-state index contributed by atoms with van der Waals surface area (Å²) in [5.41, 5.74) is 2.26. The summed E-state index contributed by atoms with van der Waals surface area (Å²) in [5, 5.41) is 13.6. The van der Waals surface area contributed by atoms with E-state index in [4.69, 9.17) is 40.1 Å². The van der Waals surface area contributed by atoms with Crippen LogP contribution in [0.25, 0.3) is 0 Å². The zero-order chi connectivity index (χ0) is 13.8. The molecule has 5 heteroatoms. The van der Waals surface area contributed by atoms with Gasteiger partial charge < -0.3 is 5.32 Å². The first kappa shape index (κ1) is 14.0. The molecule has 2 rings (SSSR count). The summed E-state index contributed by atoms with van der Waals surface area (Å²) in [6, 6.07) is 12.5. The van der Waals surface area contributed by atoms with E-state index in [0.29, 0.717) is 27.2 Å². The monoisotopic (exact) mass is 310 g/mol. The molecule has 0 aliphatic heterocycles. The van der Waals surface area contributed by atoms with E-state index < -0.39 is 0 Å². The molecule has 0 spiro atoms. The Kier molecular flexibility index (Phi) is 4.55. The summed E-state index contributed by atoms with van der Waals surface area (Å²) in [5.74, 6) is 0. The molecule has 0 amide bonds. The molecular weight excluding hydrogens is 303 g/mol. The molecule has 2 aromatic carbocycles. The third-order valence-corrected chi connectivity index (χ3v) is 3.32. The Balaban J connectivity index is 2.12. The first-order valence-electron chi connectivity index (χ1n) is 5.47. The smallest absolute Gasteiger partial charge is 0.0992 e. The van der Waals surface area contributed by atoms with E-state index in [9.17, 15) is 0 Å². The Morgan fingerprint density at radius 1 is 1.00 bits per heavy atom. The van der Waals surface area contributed by atoms with Crippen molar-refractivity contribution in [3.05, 3.63) is 62.6 Å². The largest absolute Gasteiger partial charge is 0.381 e. The molecule has 19 heavy (non-hydrogen) atoms. The Morgan fingerprint density at radius 2 is 1.68 bits per heavy atom. The average molecular weight is 312 g/mol. The van der Waals surface area contributed by atoms with Crippen molar-refractivity contribution in [3.63, 3.8) is 0 Å². The number of nitriles is 1. The summed E-state index contributed by atoms with van der Waals surface area (Å²) in [4.78, 5) is 0. The minimum atomic E-state index is 0.529. The van der Waals surface area contributed by atoms with E-state index in [0.717, 1.165) is 11.3 Å². The molecule has 0 aliphatic rings. The Bertz CT molecular complexity index is 627. The molecule has 96 valence electrons. The van der Waals surface area contributed by atoms with E-state index in [1.165, 1.54) is 0 Å². The summed E-state index contributed by atoms with van der Waals surface area (Å²) >= 11 is 17.9. The molecule has 0 bridgehead atoms. The third kappa shape index (κ3) is 3.78. The number of hydrogen-bond donors (Lipinski definition) is 1. The molecule has 1 N–H and O–H groups in total. The molecule has 0 saturated carbocycles. The van der Waals surface area contributed by atoms with Crippen LogP contribution in [0.2, 0.25) is 15.1 Å². The SMILES string of the molecule is N#Cc1ccc(CNc2cc(Cl)cc(Cl)c2)c(Cl)c1. The van der Waals surface area contributed by atoms with E-state index in [1.807, 2.05) is 12.1 Å². The zero-order valence-electron chi connectivity index (χ0n) is 9.75. The Hall–Kier alpha value is -1.40. The number of halogens is 3. The number of nitrogens with one attached hydrogen (secondary N) is 1. The van der Waals surface area contributed by atoms with Crippen LogP contribution < -0.4 is 5.32 Å². The van der Waals surface area contributed by atoms with E-state index in [2.05, 4.69) is 5.32 Å². The lowest BCUT2D eigenvalue weighted by Gasteiger charge is -2.09. The van der Waals surface area contributed by atoms with Gasteiger partial charge in [0.15, 0.2) is 0 Å². The topological polar surface area (TPSA) is 35.8 Å². The summed E-state index contributed by atoms with van der Waals surface area (Å²) < 4.78 is 0. The van der Waals surface area contributed by atoms with E-state index >= 15 is 0 Å². The summed E-state index contributed by atoms with van der Waals surface area (Å²) in [7, 11) is 0. The predicted octanol–water partition coefficient (Wildman–Crippen LogP) is 5.13. The molecule has 2 nitrogen and oxygen atoms in total. The fourth-order valence-electron chi connectivity index (χ4n) is 1.61. The molecule has 0 aliphatic carbocycles. The van der Waals surface area contributed by atoms with Crippen LogP contribution in [0.5, 0.6) is 0 Å². The predicted molar refractivity (Wildman–Crippen MR) is 80.0 cm³/mol. The van der Waals surface area contributed by atoms with Crippen molar-refractivity contribution in [2.75, 3.05) is 5.32 Å². The van der Waals surface area contributed by atoms with Crippen LogP contribution in [0.4, 0.5) is 5.69 Å². The summed E-state index contributed by atoms with van der Waals surface area (Å²) in [6.07, 6.45) is 0. The van der Waals surface area contributed by atoms with Crippen molar-refractivity contribution >= 4 is 40.5 Å². The van der Waals surface area contributed by atoms with Crippen LogP contribution in [0, 0.1) is 11.3 Å². The minimum absolute atomic E-state index is 0.529. The first-order valence-corrected chi connectivity index (χ1v) is 6.60. The second-order valence-corrected chi connectivity index (χ2v) is 5.21. The zero-order valence-corrected chi connectivity index (χ0v) is 12.0. The van der Waals surface area contributed by atoms with E-state index in [-0.39, 0.29) is 0 Å². The maximum absolute atomic E-state index is 8.77. The quantitative estimate of drug-likeness (QED) is 0.853. The highest BCUT2D eigenvalue weighted by atomic mass is 35.5. The molecule has 0 saturated heterocycles. The molecule has 0 atom stereocenters. The van der Waals surface area contributed by atoms with Gasteiger partial charge in [0.2, 0.25) is 0 Å². The van der Waals surface area contributed by atoms with Crippen LogP contribution in [-0.4, -0.2) is 0 Å². The Labute approximate surface area is 126 Å². The lowest BCUT2D eigenvalue weighted by molar-refractivity contribution is 1.15. The lowest BCUT2D eigenvalue weighted by atomic mass is 10.1. The number of anilines is 1. The van der Waals surface area contributed by atoms with Gasteiger partial charge in [0.1, 0.15) is 0 Å². The fraction of sp³-hybridized carbons (Fsp3) is 0.0714. The number of nitrogens with zero attached hydrogens (tertiary/aromatic N) is 1. The van der Waals surface area contributed by atoms with E-state index in [1.54, 1.807) is 30.3 Å². The number of benzene rings is 2. The van der Waals surface area contributed by atoms with Gasteiger partial charge in [-0.15, -0.1) is 0 Å². The van der Waals surface area contributed by atoms with Gasteiger partial charge in [-0.25, -0.2) is 0 Å². The molecule has 0 aromatic heterocycles. The summed E-state index contributed by atoms with van der Waals surface area (Å²) in [6.45, 7) is 0.529. The molecule has 0 radical (unpaired) electrons. The number of hydrogen-bond acceptors (Lipinski definition) is 2. The molecule has 0 unspecified atom stereocenters. The van der Waals surface area contributed by atoms with Gasteiger partial charge in [-0.05, 0) is 35.9 Å². The van der Waals surface area contributed by atoms with Crippen molar-refractivity contribution in [1.29, 1.82) is 5.26 Å². The van der Waals surface area contributed by atoms with Gasteiger partial charge in [-0.2, -0.15) is 5.26 Å². The van der Waals surface area contributed by atoms with Crippen molar-refractivity contribution in [1.82, 2.24) is 0 Å². The normalized spacial score (nSPS) is 10.0. The third-order valence-electron chi connectivity index (χ3n) is 2.53. The maximum Gasteiger partial charge on any atom is 0.0992 e. The highest BCUT2D eigenvalue weighted by Crippen LogP contribution is 2.24. The molecule has 0 fully saturated rings. The minimum Gasteiger partial charge on any atom is -0.381 e. The molecule has 0 heterocycles. The highest BCUT2D eigenvalue weighted by Gasteiger charge is 2.03. The van der Waals surface area contributed by atoms with Gasteiger partial charge in [-0.3, -0.25) is 0 Å². The second kappa shape index (κ2) is 6.16. The van der Waals surface area contributed by atoms with Crippen molar-refractivity contribution in [3.8, 4) is 6.07 Å². The first-order chi connectivity index (χ1) is 9.08. The standard InChI is InChI=1S/C14H9Cl3N2/c15-11-4-12(16)6-13(5-11)19-8-10-2-1-9(7-18)3-14(10)17/h1-6,19H,8H2. The number of rotatable bonds is 3. The van der Waals surface area contributed by atoms with Crippen molar-refractivity contribution < 1.29 is 0 Å². The van der Waals surface area contributed by atoms with Gasteiger partial charge in [0, 0.05) is 27.3 Å². The molecular formula is C14H9Cl3N2. The highest BCUT2D eigenvalue weighted by molar-refractivity contribution is 6.35. The van der Waals surface area contributed by atoms with Crippen LogP contribution in [0.15, 0.2) is 36.4 Å². The van der Waals surface area contributed by atoms with Crippen molar-refractivity contribution in [2.45, 2.75) is 6.54 Å². The Morgan fingerprint density at radius 3 is 2.26 bits per heavy atom. The second-order valence-electron chi connectivity index (χ2n) is 3.93. The van der Waals surface area contributed by atoms with Crippen LogP contribution >= 0.6 is 34.8 Å².